The number of likely N-dealkylation sites (tertiary alicyclic amines) is 1. The van der Waals surface area contributed by atoms with E-state index in [2.05, 4.69) is 14.5 Å². The Kier molecular flexibility index (Phi) is 3.25. The lowest BCUT2D eigenvalue weighted by Gasteiger charge is -2.36. The Morgan fingerprint density at radius 1 is 1.67 bits per heavy atom. The Morgan fingerprint density at radius 2 is 2.47 bits per heavy atom. The minimum absolute atomic E-state index is 0.575. The van der Waals surface area contributed by atoms with Crippen LogP contribution < -0.4 is 0 Å². The fourth-order valence-electron chi connectivity index (χ4n) is 1.96. The summed E-state index contributed by atoms with van der Waals surface area (Å²) in [6.07, 6.45) is 1.88. The molecule has 2 rings (SSSR count). The maximum absolute atomic E-state index is 9.93. The van der Waals surface area contributed by atoms with E-state index in [0.29, 0.717) is 17.4 Å². The second-order valence-electron chi connectivity index (χ2n) is 4.30. The summed E-state index contributed by atoms with van der Waals surface area (Å²) >= 11 is 7.14. The Morgan fingerprint density at radius 3 is 3.07 bits per heavy atom. The van der Waals surface area contributed by atoms with Crippen LogP contribution in [0.3, 0.4) is 0 Å². The standard InChI is InChI=1S/C9H14ClN3OS/c1-9(14)3-2-4-13(6-9)5-7-8(10)15-12-11-7/h14H,2-6H2,1H3. The van der Waals surface area contributed by atoms with Crippen molar-refractivity contribution >= 4 is 23.1 Å². The van der Waals surface area contributed by atoms with Gasteiger partial charge < -0.3 is 5.11 Å². The van der Waals surface area contributed by atoms with Crippen molar-refractivity contribution in [1.29, 1.82) is 0 Å². The summed E-state index contributed by atoms with van der Waals surface area (Å²) in [6.45, 7) is 4.23. The Hall–Kier alpha value is -0.230. The molecule has 1 aliphatic rings. The first-order valence-electron chi connectivity index (χ1n) is 4.98. The number of β-amino-alcohol motifs (C(OH)–C–C–N with tert-alkyl or cyclic N) is 1. The van der Waals surface area contributed by atoms with Crippen LogP contribution in [0, 0.1) is 0 Å². The van der Waals surface area contributed by atoms with Gasteiger partial charge in [-0.2, -0.15) is 0 Å². The van der Waals surface area contributed by atoms with Gasteiger partial charge in [-0.3, -0.25) is 4.90 Å². The molecule has 1 saturated heterocycles. The molecule has 1 N–H and O–H groups in total. The van der Waals surface area contributed by atoms with E-state index in [1.54, 1.807) is 0 Å². The molecule has 0 amide bonds. The van der Waals surface area contributed by atoms with Gasteiger partial charge >= 0.3 is 0 Å². The molecule has 0 spiro atoms. The summed E-state index contributed by atoms with van der Waals surface area (Å²) in [5.74, 6) is 0. The number of aromatic nitrogens is 2. The lowest BCUT2D eigenvalue weighted by atomic mass is 9.95. The molecule has 0 aromatic carbocycles. The van der Waals surface area contributed by atoms with E-state index in [0.717, 1.165) is 25.1 Å². The smallest absolute Gasteiger partial charge is 0.138 e. The average Bonchev–Trinajstić information content (AvgIpc) is 2.50. The summed E-state index contributed by atoms with van der Waals surface area (Å²) in [6, 6.07) is 0. The van der Waals surface area contributed by atoms with Gasteiger partial charge in [-0.25, -0.2) is 0 Å². The molecule has 4 nitrogen and oxygen atoms in total. The van der Waals surface area contributed by atoms with E-state index in [-0.39, 0.29) is 0 Å². The maximum atomic E-state index is 9.93. The van der Waals surface area contributed by atoms with Crippen LogP contribution in [0.25, 0.3) is 0 Å². The number of nitrogens with zero attached hydrogens (tertiary/aromatic N) is 3. The van der Waals surface area contributed by atoms with Gasteiger partial charge in [-0.1, -0.05) is 16.1 Å². The molecule has 2 heterocycles. The molecule has 6 heteroatoms. The van der Waals surface area contributed by atoms with E-state index in [9.17, 15) is 5.11 Å². The van der Waals surface area contributed by atoms with Gasteiger partial charge in [0.2, 0.25) is 0 Å². The zero-order valence-electron chi connectivity index (χ0n) is 8.61. The number of hydrogen-bond donors (Lipinski definition) is 1. The van der Waals surface area contributed by atoms with Crippen molar-refractivity contribution in [2.24, 2.45) is 0 Å². The summed E-state index contributed by atoms with van der Waals surface area (Å²) in [7, 11) is 0. The van der Waals surface area contributed by atoms with E-state index in [1.807, 2.05) is 6.92 Å². The highest BCUT2D eigenvalue weighted by molar-refractivity contribution is 7.10. The minimum Gasteiger partial charge on any atom is -0.389 e. The van der Waals surface area contributed by atoms with Gasteiger partial charge in [0.1, 0.15) is 10.0 Å². The van der Waals surface area contributed by atoms with Crippen molar-refractivity contribution in [2.75, 3.05) is 13.1 Å². The summed E-state index contributed by atoms with van der Waals surface area (Å²) in [5.41, 5.74) is 0.244. The first-order valence-corrected chi connectivity index (χ1v) is 6.13. The number of rotatable bonds is 2. The number of piperidine rings is 1. The van der Waals surface area contributed by atoms with Crippen molar-refractivity contribution < 1.29 is 5.11 Å². The lowest BCUT2D eigenvalue weighted by molar-refractivity contribution is -0.0184. The molecule has 0 saturated carbocycles. The van der Waals surface area contributed by atoms with E-state index < -0.39 is 5.60 Å². The van der Waals surface area contributed by atoms with Crippen LogP contribution in [-0.2, 0) is 6.54 Å². The molecule has 0 aliphatic carbocycles. The lowest BCUT2D eigenvalue weighted by Crippen LogP contribution is -2.45. The molecule has 1 atom stereocenters. The second-order valence-corrected chi connectivity index (χ2v) is 5.66. The largest absolute Gasteiger partial charge is 0.389 e. The maximum Gasteiger partial charge on any atom is 0.138 e. The Bertz CT molecular complexity index is 342. The van der Waals surface area contributed by atoms with Crippen molar-refractivity contribution in [2.45, 2.75) is 31.9 Å². The highest BCUT2D eigenvalue weighted by Gasteiger charge is 2.28. The van der Waals surface area contributed by atoms with Gasteiger partial charge in [-0.05, 0) is 26.3 Å². The van der Waals surface area contributed by atoms with Crippen LogP contribution in [-0.4, -0.2) is 38.3 Å². The monoisotopic (exact) mass is 247 g/mol. The SMILES string of the molecule is CC1(O)CCCN(Cc2nnsc2Cl)C1. The van der Waals surface area contributed by atoms with Crippen LogP contribution in [0.2, 0.25) is 4.34 Å². The summed E-state index contributed by atoms with van der Waals surface area (Å²) in [4.78, 5) is 2.17. The van der Waals surface area contributed by atoms with Gasteiger partial charge in [-0.15, -0.1) is 5.10 Å². The van der Waals surface area contributed by atoms with E-state index >= 15 is 0 Å². The van der Waals surface area contributed by atoms with Crippen LogP contribution in [0.1, 0.15) is 25.5 Å². The molecule has 84 valence electrons. The number of halogens is 1. The van der Waals surface area contributed by atoms with E-state index in [1.165, 1.54) is 11.5 Å². The third-order valence-corrected chi connectivity index (χ3v) is 3.62. The topological polar surface area (TPSA) is 49.2 Å². The fourth-order valence-corrected chi connectivity index (χ4v) is 2.57. The first kappa shape index (κ1) is 11.3. The number of hydrogen-bond acceptors (Lipinski definition) is 5. The van der Waals surface area contributed by atoms with Gasteiger partial charge in [0.15, 0.2) is 0 Å². The molecule has 1 aromatic rings. The predicted molar refractivity (Wildman–Crippen MR) is 60.1 cm³/mol. The Labute approximate surface area is 98.0 Å². The molecule has 1 aliphatic heterocycles. The number of aliphatic hydroxyl groups is 1. The second kappa shape index (κ2) is 4.33. The van der Waals surface area contributed by atoms with Crippen LogP contribution in [0.5, 0.6) is 0 Å². The van der Waals surface area contributed by atoms with Crippen LogP contribution in [0.4, 0.5) is 0 Å². The third-order valence-electron chi connectivity index (χ3n) is 2.64. The first-order chi connectivity index (χ1) is 7.07. The molecule has 1 fully saturated rings. The molecule has 0 bridgehead atoms. The zero-order valence-corrected chi connectivity index (χ0v) is 10.2. The van der Waals surface area contributed by atoms with Crippen LogP contribution in [0.15, 0.2) is 0 Å². The summed E-state index contributed by atoms with van der Waals surface area (Å²) in [5, 5.41) is 13.9. The highest BCUT2D eigenvalue weighted by Crippen LogP contribution is 2.24. The molecule has 0 radical (unpaired) electrons. The zero-order chi connectivity index (χ0) is 10.9. The summed E-state index contributed by atoms with van der Waals surface area (Å²) < 4.78 is 4.45. The predicted octanol–water partition coefficient (Wildman–Crippen LogP) is 1.54. The molecular weight excluding hydrogens is 234 g/mol. The van der Waals surface area contributed by atoms with E-state index in [4.69, 9.17) is 11.6 Å². The molecule has 15 heavy (non-hydrogen) atoms. The quantitative estimate of drug-likeness (QED) is 0.861. The molecule has 1 unspecified atom stereocenters. The van der Waals surface area contributed by atoms with Crippen molar-refractivity contribution in [3.05, 3.63) is 10.0 Å². The molecular formula is C9H14ClN3OS. The third kappa shape index (κ3) is 2.87. The van der Waals surface area contributed by atoms with Crippen molar-refractivity contribution in [1.82, 2.24) is 14.5 Å². The van der Waals surface area contributed by atoms with Crippen LogP contribution >= 0.6 is 23.1 Å². The Balaban J connectivity index is 1.98. The normalized spacial score (nSPS) is 28.2. The minimum atomic E-state index is -0.575. The molecule has 1 aromatic heterocycles. The van der Waals surface area contributed by atoms with Crippen molar-refractivity contribution in [3.63, 3.8) is 0 Å². The average molecular weight is 248 g/mol. The van der Waals surface area contributed by atoms with Gasteiger partial charge in [0.05, 0.1) is 5.60 Å². The van der Waals surface area contributed by atoms with Gasteiger partial charge in [0.25, 0.3) is 0 Å². The fraction of sp³-hybridized carbons (Fsp3) is 0.778. The van der Waals surface area contributed by atoms with Crippen molar-refractivity contribution in [3.8, 4) is 0 Å². The highest BCUT2D eigenvalue weighted by atomic mass is 35.5. The van der Waals surface area contributed by atoms with Gasteiger partial charge in [0, 0.05) is 24.6 Å².